The molecule has 11 heteroatoms. The van der Waals surface area contributed by atoms with Gasteiger partial charge in [-0.3, -0.25) is 4.79 Å². The van der Waals surface area contributed by atoms with E-state index < -0.39 is 74.2 Å². The highest BCUT2D eigenvalue weighted by molar-refractivity contribution is 5.80. The summed E-state index contributed by atoms with van der Waals surface area (Å²) >= 11 is 0. The van der Waals surface area contributed by atoms with E-state index in [1.165, 1.54) is 148 Å². The van der Waals surface area contributed by atoms with Gasteiger partial charge in [0.05, 0.1) is 25.4 Å². The first-order valence-corrected chi connectivity index (χ1v) is 25.6. The van der Waals surface area contributed by atoms with E-state index in [1.54, 1.807) is 0 Å². The second-order valence-electron chi connectivity index (χ2n) is 18.2. The summed E-state index contributed by atoms with van der Waals surface area (Å²) in [4.78, 5) is 13.0. The number of hydrogen-bond acceptors (Lipinski definition) is 10. The van der Waals surface area contributed by atoms with E-state index in [9.17, 15) is 40.5 Å². The number of ether oxygens (including phenoxy) is 2. The van der Waals surface area contributed by atoms with Gasteiger partial charge in [-0.05, 0) is 32.1 Å². The monoisotopic (exact) mass is 872 g/mol. The Kier molecular flexibility index (Phi) is 38.3. The van der Waals surface area contributed by atoms with Crippen LogP contribution in [0.15, 0.2) is 12.2 Å². The Labute approximate surface area is 372 Å². The Morgan fingerprint density at radius 3 is 1.39 bits per heavy atom. The molecule has 0 aromatic carbocycles. The zero-order valence-electron chi connectivity index (χ0n) is 39.2. The van der Waals surface area contributed by atoms with Crippen LogP contribution < -0.4 is 5.32 Å². The lowest BCUT2D eigenvalue weighted by atomic mass is 9.98. The normalized spacial score (nSPS) is 21.5. The average Bonchev–Trinajstić information content (AvgIpc) is 3.26. The third-order valence-corrected chi connectivity index (χ3v) is 12.6. The summed E-state index contributed by atoms with van der Waals surface area (Å²) in [6.45, 7) is 3.35. The second kappa shape index (κ2) is 40.4. The zero-order chi connectivity index (χ0) is 44.8. The highest BCUT2D eigenvalue weighted by Gasteiger charge is 2.44. The van der Waals surface area contributed by atoms with Gasteiger partial charge in [0.15, 0.2) is 6.29 Å². The van der Waals surface area contributed by atoms with Crippen LogP contribution in [0, 0.1) is 0 Å². The minimum absolute atomic E-state index is 0.258. The molecule has 11 nitrogen and oxygen atoms in total. The van der Waals surface area contributed by atoms with E-state index in [0.717, 1.165) is 44.9 Å². The van der Waals surface area contributed by atoms with Crippen molar-refractivity contribution in [2.45, 2.75) is 287 Å². The molecule has 0 saturated carbocycles. The van der Waals surface area contributed by atoms with Crippen molar-refractivity contribution in [3.05, 3.63) is 12.2 Å². The van der Waals surface area contributed by atoms with Gasteiger partial charge in [0.2, 0.25) is 5.91 Å². The smallest absolute Gasteiger partial charge is 0.249 e. The van der Waals surface area contributed by atoms with Crippen LogP contribution >= 0.6 is 0 Å². The standard InChI is InChI=1S/C50H97NO10/c1-3-5-7-9-11-12-13-14-15-16-17-18-19-20-21-22-23-24-25-26-27-28-29-30-32-34-36-38-43(54)49(59)51-41(45(55)42(53)37-35-33-31-10-8-6-4-2)40-60-50-48(58)47(57)46(56)44(39-52)61-50/h10,31,41-48,50,52-58H,3-9,11-30,32-40H2,1-2H3,(H,51,59)/b31-10+. The first-order chi connectivity index (χ1) is 29.7. The summed E-state index contributed by atoms with van der Waals surface area (Å²) in [5, 5.41) is 75.3. The minimum atomic E-state index is -1.66. The summed E-state index contributed by atoms with van der Waals surface area (Å²) in [6, 6.07) is -1.18. The molecule has 0 aromatic heterocycles. The van der Waals surface area contributed by atoms with Crippen molar-refractivity contribution in [3.63, 3.8) is 0 Å². The molecule has 1 aliphatic heterocycles. The molecule has 1 fully saturated rings. The molecule has 1 aliphatic rings. The predicted octanol–water partition coefficient (Wildman–Crippen LogP) is 9.23. The number of allylic oxidation sites excluding steroid dienone is 2. The lowest BCUT2D eigenvalue weighted by molar-refractivity contribution is -0.303. The van der Waals surface area contributed by atoms with Gasteiger partial charge in [-0.1, -0.05) is 212 Å². The molecule has 0 radical (unpaired) electrons. The Hall–Kier alpha value is -1.15. The van der Waals surface area contributed by atoms with E-state index in [0.29, 0.717) is 12.8 Å². The summed E-state index contributed by atoms with van der Waals surface area (Å²) in [5.74, 6) is -0.706. The maximum absolute atomic E-state index is 13.0. The quantitative estimate of drug-likeness (QED) is 0.0217. The summed E-state index contributed by atoms with van der Waals surface area (Å²) < 4.78 is 11.0. The summed E-state index contributed by atoms with van der Waals surface area (Å²) in [7, 11) is 0. The molecule has 9 atom stereocenters. The average molecular weight is 872 g/mol. The molecular weight excluding hydrogens is 775 g/mol. The lowest BCUT2D eigenvalue weighted by Gasteiger charge is -2.40. The molecule has 8 N–H and O–H groups in total. The summed E-state index contributed by atoms with van der Waals surface area (Å²) in [5.41, 5.74) is 0. The molecular formula is C50H97NO10. The molecule has 1 heterocycles. The molecule has 0 bridgehead atoms. The molecule has 0 aliphatic carbocycles. The number of carbonyl (C=O) groups excluding carboxylic acids is 1. The highest BCUT2D eigenvalue weighted by Crippen LogP contribution is 2.23. The maximum atomic E-state index is 13.0. The van der Waals surface area contributed by atoms with Gasteiger partial charge in [0.25, 0.3) is 0 Å². The number of rotatable bonds is 43. The summed E-state index contributed by atoms with van der Waals surface area (Å²) in [6.07, 6.45) is 33.3. The van der Waals surface area contributed by atoms with Crippen LogP contribution in [0.5, 0.6) is 0 Å². The molecule has 61 heavy (non-hydrogen) atoms. The van der Waals surface area contributed by atoms with E-state index in [-0.39, 0.29) is 12.8 Å². The topological polar surface area (TPSA) is 189 Å². The van der Waals surface area contributed by atoms with Crippen molar-refractivity contribution >= 4 is 5.91 Å². The Balaban J connectivity index is 2.20. The number of unbranched alkanes of at least 4 members (excludes halogenated alkanes) is 29. The Morgan fingerprint density at radius 1 is 0.557 bits per heavy atom. The molecule has 0 spiro atoms. The van der Waals surface area contributed by atoms with Gasteiger partial charge in [0, 0.05) is 0 Å². The highest BCUT2D eigenvalue weighted by atomic mass is 16.7. The van der Waals surface area contributed by atoms with Crippen molar-refractivity contribution in [2.24, 2.45) is 0 Å². The lowest BCUT2D eigenvalue weighted by Crippen LogP contribution is -2.60. The van der Waals surface area contributed by atoms with Crippen molar-refractivity contribution < 1.29 is 50.0 Å². The third kappa shape index (κ3) is 29.8. The first-order valence-electron chi connectivity index (χ1n) is 25.6. The fourth-order valence-electron chi connectivity index (χ4n) is 8.31. The van der Waals surface area contributed by atoms with Gasteiger partial charge in [-0.2, -0.15) is 0 Å². The van der Waals surface area contributed by atoms with Crippen LogP contribution in [0.4, 0.5) is 0 Å². The molecule has 1 saturated heterocycles. The fourth-order valence-corrected chi connectivity index (χ4v) is 8.31. The zero-order valence-corrected chi connectivity index (χ0v) is 39.2. The van der Waals surface area contributed by atoms with Crippen LogP contribution in [-0.2, 0) is 14.3 Å². The van der Waals surface area contributed by atoms with Gasteiger partial charge in [0.1, 0.15) is 36.6 Å². The number of nitrogens with one attached hydrogen (secondary N) is 1. The van der Waals surface area contributed by atoms with Gasteiger partial charge >= 0.3 is 0 Å². The molecule has 1 amide bonds. The van der Waals surface area contributed by atoms with E-state index >= 15 is 0 Å². The number of amides is 1. The number of aliphatic hydroxyl groups is 7. The minimum Gasteiger partial charge on any atom is -0.394 e. The van der Waals surface area contributed by atoms with Crippen molar-refractivity contribution in [1.29, 1.82) is 0 Å². The molecule has 1 rings (SSSR count). The van der Waals surface area contributed by atoms with Gasteiger partial charge in [-0.15, -0.1) is 0 Å². The molecule has 0 aromatic rings. The maximum Gasteiger partial charge on any atom is 0.249 e. The van der Waals surface area contributed by atoms with Gasteiger partial charge in [-0.25, -0.2) is 0 Å². The Morgan fingerprint density at radius 2 is 0.967 bits per heavy atom. The van der Waals surface area contributed by atoms with E-state index in [2.05, 4.69) is 31.3 Å². The number of hydrogen-bond donors (Lipinski definition) is 8. The second-order valence-corrected chi connectivity index (χ2v) is 18.2. The van der Waals surface area contributed by atoms with Crippen LogP contribution in [0.2, 0.25) is 0 Å². The van der Waals surface area contributed by atoms with Crippen LogP contribution in [0.3, 0.4) is 0 Å². The van der Waals surface area contributed by atoms with Crippen molar-refractivity contribution in [1.82, 2.24) is 5.32 Å². The molecule has 362 valence electrons. The number of carbonyl (C=O) groups is 1. The number of aliphatic hydroxyl groups excluding tert-OH is 7. The van der Waals surface area contributed by atoms with E-state index in [4.69, 9.17) is 9.47 Å². The SMILES string of the molecule is CCCC/C=C/CCCC(O)C(O)C(COC1OC(CO)C(O)C(O)C1O)NC(=O)C(O)CCCCCCCCCCCCCCCCCCCCCCCCCCCCC. The molecule has 9 unspecified atom stereocenters. The van der Waals surface area contributed by atoms with Crippen molar-refractivity contribution in [2.75, 3.05) is 13.2 Å². The van der Waals surface area contributed by atoms with Crippen molar-refractivity contribution in [3.8, 4) is 0 Å². The third-order valence-electron chi connectivity index (χ3n) is 12.6. The van der Waals surface area contributed by atoms with Crippen LogP contribution in [0.1, 0.15) is 232 Å². The van der Waals surface area contributed by atoms with Crippen LogP contribution in [-0.4, -0.2) is 110 Å². The van der Waals surface area contributed by atoms with Gasteiger partial charge < -0.3 is 50.5 Å². The largest absolute Gasteiger partial charge is 0.394 e. The first kappa shape index (κ1) is 57.9. The Bertz CT molecular complexity index is 1000. The fraction of sp³-hybridized carbons (Fsp3) is 0.940. The van der Waals surface area contributed by atoms with E-state index in [1.807, 2.05) is 0 Å². The predicted molar refractivity (Wildman–Crippen MR) is 247 cm³/mol. The van der Waals surface area contributed by atoms with Crippen LogP contribution in [0.25, 0.3) is 0 Å².